The Bertz CT molecular complexity index is 560. The van der Waals surface area contributed by atoms with E-state index in [2.05, 4.69) is 44.2 Å². The van der Waals surface area contributed by atoms with E-state index in [1.54, 1.807) is 5.56 Å². The Labute approximate surface area is 110 Å². The highest BCUT2D eigenvalue weighted by Gasteiger charge is 2.18. The normalized spacial score (nSPS) is 17.2. The molecule has 1 aliphatic carbocycles. The molecule has 0 aliphatic heterocycles. The monoisotopic (exact) mass is 238 g/mol. The first-order valence-electron chi connectivity index (χ1n) is 7.25. The molecule has 1 fully saturated rings. The molecule has 0 spiro atoms. The smallest absolute Gasteiger partial charge is 0.0146 e. The highest BCUT2D eigenvalue weighted by molar-refractivity contribution is 5.87. The minimum absolute atomic E-state index is 0.794. The maximum absolute atomic E-state index is 2.43. The van der Waals surface area contributed by atoms with Gasteiger partial charge in [0.1, 0.15) is 0 Å². The molecule has 1 aliphatic rings. The van der Waals surface area contributed by atoms with E-state index in [0.717, 1.165) is 5.92 Å². The SMILES string of the molecule is Cc1cc(C2CCCCC2)c2cc(C)ccc2c1. The molecule has 0 aromatic heterocycles. The first-order valence-corrected chi connectivity index (χ1v) is 7.25. The summed E-state index contributed by atoms with van der Waals surface area (Å²) in [5, 5.41) is 2.91. The zero-order valence-electron chi connectivity index (χ0n) is 11.5. The largest absolute Gasteiger partial charge is 0.0587 e. The lowest BCUT2D eigenvalue weighted by Gasteiger charge is -2.24. The zero-order chi connectivity index (χ0) is 12.5. The molecular weight excluding hydrogens is 216 g/mol. The Morgan fingerprint density at radius 1 is 0.833 bits per heavy atom. The van der Waals surface area contributed by atoms with Crippen molar-refractivity contribution in [3.8, 4) is 0 Å². The van der Waals surface area contributed by atoms with Crippen LogP contribution in [0.25, 0.3) is 10.8 Å². The van der Waals surface area contributed by atoms with Crippen molar-refractivity contribution in [3.05, 3.63) is 47.0 Å². The van der Waals surface area contributed by atoms with Gasteiger partial charge in [-0.2, -0.15) is 0 Å². The maximum atomic E-state index is 2.43. The molecule has 0 heterocycles. The van der Waals surface area contributed by atoms with Gasteiger partial charge in [-0.3, -0.25) is 0 Å². The van der Waals surface area contributed by atoms with Crippen LogP contribution in [0.15, 0.2) is 30.3 Å². The average molecular weight is 238 g/mol. The van der Waals surface area contributed by atoms with Crippen LogP contribution >= 0.6 is 0 Å². The topological polar surface area (TPSA) is 0 Å². The first kappa shape index (κ1) is 11.8. The van der Waals surface area contributed by atoms with Crippen LogP contribution in [0.4, 0.5) is 0 Å². The summed E-state index contributed by atoms with van der Waals surface area (Å²) < 4.78 is 0. The standard InChI is InChI=1S/C18H22/c1-13-8-9-16-10-14(2)12-17(18(16)11-13)15-6-4-3-5-7-15/h8-12,15H,3-7H2,1-2H3. The van der Waals surface area contributed by atoms with Crippen molar-refractivity contribution in [2.24, 2.45) is 0 Å². The Kier molecular flexibility index (Phi) is 3.11. The Morgan fingerprint density at radius 2 is 1.61 bits per heavy atom. The highest BCUT2D eigenvalue weighted by Crippen LogP contribution is 2.37. The third-order valence-corrected chi connectivity index (χ3v) is 4.33. The van der Waals surface area contributed by atoms with Crippen LogP contribution in [0, 0.1) is 13.8 Å². The first-order chi connectivity index (χ1) is 8.74. The fourth-order valence-corrected chi connectivity index (χ4v) is 3.41. The van der Waals surface area contributed by atoms with Gasteiger partial charge in [-0.1, -0.05) is 60.7 Å². The number of aryl methyl sites for hydroxylation is 2. The molecule has 0 atom stereocenters. The molecule has 3 rings (SSSR count). The fourth-order valence-electron chi connectivity index (χ4n) is 3.41. The van der Waals surface area contributed by atoms with Gasteiger partial charge in [-0.25, -0.2) is 0 Å². The van der Waals surface area contributed by atoms with Crippen LogP contribution in [0.3, 0.4) is 0 Å². The van der Waals surface area contributed by atoms with Gasteiger partial charge in [0, 0.05) is 0 Å². The number of hydrogen-bond donors (Lipinski definition) is 0. The molecule has 18 heavy (non-hydrogen) atoms. The van der Waals surface area contributed by atoms with E-state index < -0.39 is 0 Å². The quantitative estimate of drug-likeness (QED) is 0.615. The van der Waals surface area contributed by atoms with Gasteiger partial charge in [-0.15, -0.1) is 0 Å². The molecular formula is C18H22. The zero-order valence-corrected chi connectivity index (χ0v) is 11.5. The average Bonchev–Trinajstić information content (AvgIpc) is 2.39. The van der Waals surface area contributed by atoms with Crippen LogP contribution < -0.4 is 0 Å². The van der Waals surface area contributed by atoms with E-state index in [0.29, 0.717) is 0 Å². The predicted octanol–water partition coefficient (Wildman–Crippen LogP) is 5.50. The van der Waals surface area contributed by atoms with Crippen molar-refractivity contribution in [2.45, 2.75) is 51.9 Å². The van der Waals surface area contributed by atoms with E-state index >= 15 is 0 Å². The van der Waals surface area contributed by atoms with Crippen molar-refractivity contribution in [1.82, 2.24) is 0 Å². The van der Waals surface area contributed by atoms with Crippen LogP contribution in [-0.4, -0.2) is 0 Å². The molecule has 0 nitrogen and oxygen atoms in total. The van der Waals surface area contributed by atoms with Crippen molar-refractivity contribution < 1.29 is 0 Å². The number of hydrogen-bond acceptors (Lipinski definition) is 0. The lowest BCUT2D eigenvalue weighted by atomic mass is 9.81. The van der Waals surface area contributed by atoms with Crippen molar-refractivity contribution >= 4 is 10.8 Å². The molecule has 1 saturated carbocycles. The van der Waals surface area contributed by atoms with Gasteiger partial charge in [0.25, 0.3) is 0 Å². The summed E-state index contributed by atoms with van der Waals surface area (Å²) in [5.41, 5.74) is 4.39. The number of rotatable bonds is 1. The molecule has 2 aromatic rings. The maximum Gasteiger partial charge on any atom is -0.0146 e. The van der Waals surface area contributed by atoms with E-state index in [4.69, 9.17) is 0 Å². The molecule has 2 aromatic carbocycles. The van der Waals surface area contributed by atoms with Gasteiger partial charge >= 0.3 is 0 Å². The van der Waals surface area contributed by atoms with Gasteiger partial charge in [0.15, 0.2) is 0 Å². The van der Waals surface area contributed by atoms with Crippen LogP contribution in [0.5, 0.6) is 0 Å². The lowest BCUT2D eigenvalue weighted by molar-refractivity contribution is 0.445. The Morgan fingerprint density at radius 3 is 2.39 bits per heavy atom. The second-order valence-corrected chi connectivity index (χ2v) is 5.91. The third kappa shape index (κ3) is 2.16. The van der Waals surface area contributed by atoms with Crippen LogP contribution in [-0.2, 0) is 0 Å². The molecule has 0 radical (unpaired) electrons. The van der Waals surface area contributed by atoms with E-state index in [1.807, 2.05) is 0 Å². The van der Waals surface area contributed by atoms with Crippen LogP contribution in [0.2, 0.25) is 0 Å². The van der Waals surface area contributed by atoms with E-state index in [9.17, 15) is 0 Å². The summed E-state index contributed by atoms with van der Waals surface area (Å²) >= 11 is 0. The minimum atomic E-state index is 0.794. The minimum Gasteiger partial charge on any atom is -0.0587 e. The van der Waals surface area contributed by atoms with E-state index in [1.165, 1.54) is 54.0 Å². The summed E-state index contributed by atoms with van der Waals surface area (Å²) in [5.74, 6) is 0.794. The molecule has 0 saturated heterocycles. The van der Waals surface area contributed by atoms with Gasteiger partial charge in [-0.05, 0) is 48.9 Å². The van der Waals surface area contributed by atoms with E-state index in [-0.39, 0.29) is 0 Å². The lowest BCUT2D eigenvalue weighted by Crippen LogP contribution is -2.05. The summed E-state index contributed by atoms with van der Waals surface area (Å²) in [4.78, 5) is 0. The second kappa shape index (κ2) is 4.76. The number of fused-ring (bicyclic) bond motifs is 1. The molecule has 0 heteroatoms. The van der Waals surface area contributed by atoms with Gasteiger partial charge < -0.3 is 0 Å². The fraction of sp³-hybridized carbons (Fsp3) is 0.444. The number of benzene rings is 2. The van der Waals surface area contributed by atoms with Gasteiger partial charge in [0.05, 0.1) is 0 Å². The summed E-state index contributed by atoms with van der Waals surface area (Å²) in [6, 6.07) is 11.6. The molecule has 0 N–H and O–H groups in total. The Balaban J connectivity index is 2.16. The summed E-state index contributed by atoms with van der Waals surface area (Å²) in [6.07, 6.45) is 7.01. The van der Waals surface area contributed by atoms with Crippen LogP contribution in [0.1, 0.15) is 54.7 Å². The summed E-state index contributed by atoms with van der Waals surface area (Å²) in [7, 11) is 0. The molecule has 0 unspecified atom stereocenters. The summed E-state index contributed by atoms with van der Waals surface area (Å²) in [6.45, 7) is 4.43. The Hall–Kier alpha value is -1.30. The predicted molar refractivity (Wildman–Crippen MR) is 79.2 cm³/mol. The van der Waals surface area contributed by atoms with Crippen molar-refractivity contribution in [2.75, 3.05) is 0 Å². The third-order valence-electron chi connectivity index (χ3n) is 4.33. The molecule has 94 valence electrons. The molecule has 0 bridgehead atoms. The molecule has 0 amide bonds. The highest BCUT2D eigenvalue weighted by atomic mass is 14.2. The van der Waals surface area contributed by atoms with Gasteiger partial charge in [0.2, 0.25) is 0 Å². The van der Waals surface area contributed by atoms with Crippen molar-refractivity contribution in [1.29, 1.82) is 0 Å². The second-order valence-electron chi connectivity index (χ2n) is 5.91. The van der Waals surface area contributed by atoms with Crippen molar-refractivity contribution in [3.63, 3.8) is 0 Å².